The van der Waals surface area contributed by atoms with Crippen molar-refractivity contribution in [2.45, 2.75) is 39.3 Å². The minimum atomic E-state index is -0.735. The van der Waals surface area contributed by atoms with Gasteiger partial charge in [-0.2, -0.15) is 0 Å². The van der Waals surface area contributed by atoms with Crippen molar-refractivity contribution in [1.82, 2.24) is 9.47 Å². The molecule has 8 heteroatoms. The molecule has 0 spiro atoms. The van der Waals surface area contributed by atoms with Crippen LogP contribution in [0.3, 0.4) is 0 Å². The summed E-state index contributed by atoms with van der Waals surface area (Å²) in [5, 5.41) is 0. The lowest BCUT2D eigenvalue weighted by atomic mass is 10.1. The van der Waals surface area contributed by atoms with Crippen LogP contribution in [0.25, 0.3) is 0 Å². The lowest BCUT2D eigenvalue weighted by Crippen LogP contribution is -2.41. The van der Waals surface area contributed by atoms with Crippen molar-refractivity contribution in [3.05, 3.63) is 82.8 Å². The van der Waals surface area contributed by atoms with Crippen LogP contribution in [0.1, 0.15) is 50.7 Å². The summed E-state index contributed by atoms with van der Waals surface area (Å²) in [6.07, 6.45) is 2.55. The molecule has 0 saturated carbocycles. The summed E-state index contributed by atoms with van der Waals surface area (Å²) in [4.78, 5) is 39.5. The third-order valence-corrected chi connectivity index (χ3v) is 5.99. The summed E-state index contributed by atoms with van der Waals surface area (Å²) in [5.74, 6) is -1.41. The van der Waals surface area contributed by atoms with E-state index in [9.17, 15) is 18.8 Å². The van der Waals surface area contributed by atoms with Crippen LogP contribution in [0, 0.1) is 19.7 Å². The summed E-state index contributed by atoms with van der Waals surface area (Å²) in [6, 6.07) is 10.4. The fourth-order valence-electron chi connectivity index (χ4n) is 4.21. The zero-order chi connectivity index (χ0) is 23.5. The highest BCUT2D eigenvalue weighted by atomic mass is 19.1. The number of carbonyl (C=O) groups is 3. The second-order valence-corrected chi connectivity index (χ2v) is 8.16. The third-order valence-electron chi connectivity index (χ3n) is 5.99. The summed E-state index contributed by atoms with van der Waals surface area (Å²) in [7, 11) is 0. The highest BCUT2D eigenvalue weighted by Crippen LogP contribution is 2.22. The number of hydrogen-bond acceptors (Lipinski definition) is 5. The maximum absolute atomic E-state index is 13.2. The SMILES string of the molecule is Cc1cc(C(=O)COC(=O)C2CCCN2C(=O)c2ccco2)c(C)n1Cc1ccc(F)cc1. The van der Waals surface area contributed by atoms with Crippen LogP contribution in [0.4, 0.5) is 4.39 Å². The zero-order valence-corrected chi connectivity index (χ0v) is 18.5. The zero-order valence-electron chi connectivity index (χ0n) is 18.5. The van der Waals surface area contributed by atoms with Gasteiger partial charge in [0.2, 0.25) is 5.78 Å². The Balaban J connectivity index is 1.40. The number of furan rings is 1. The number of carbonyl (C=O) groups excluding carboxylic acids is 3. The summed E-state index contributed by atoms with van der Waals surface area (Å²) in [5.41, 5.74) is 2.99. The predicted molar refractivity (Wildman–Crippen MR) is 117 cm³/mol. The molecule has 1 unspecified atom stereocenters. The molecule has 172 valence electrons. The number of rotatable bonds is 7. The molecule has 1 atom stereocenters. The molecule has 0 radical (unpaired) electrons. The molecule has 0 aliphatic carbocycles. The van der Waals surface area contributed by atoms with Crippen LogP contribution in [0.2, 0.25) is 0 Å². The monoisotopic (exact) mass is 452 g/mol. The average molecular weight is 452 g/mol. The smallest absolute Gasteiger partial charge is 0.329 e. The number of nitrogens with zero attached hydrogens (tertiary/aromatic N) is 2. The van der Waals surface area contributed by atoms with E-state index >= 15 is 0 Å². The van der Waals surface area contributed by atoms with E-state index in [1.807, 2.05) is 18.4 Å². The van der Waals surface area contributed by atoms with Crippen LogP contribution in [0.5, 0.6) is 0 Å². The molecule has 1 fully saturated rings. The Morgan fingerprint density at radius 3 is 2.61 bits per heavy atom. The van der Waals surface area contributed by atoms with Gasteiger partial charge in [-0.15, -0.1) is 0 Å². The number of halogens is 1. The van der Waals surface area contributed by atoms with Gasteiger partial charge in [0.25, 0.3) is 5.91 Å². The van der Waals surface area contributed by atoms with Crippen molar-refractivity contribution in [1.29, 1.82) is 0 Å². The van der Waals surface area contributed by atoms with Crippen LogP contribution >= 0.6 is 0 Å². The first-order chi connectivity index (χ1) is 15.8. The number of benzene rings is 1. The molecule has 1 aliphatic rings. The van der Waals surface area contributed by atoms with E-state index in [-0.39, 0.29) is 23.3 Å². The van der Waals surface area contributed by atoms with E-state index in [0.717, 1.165) is 17.0 Å². The summed E-state index contributed by atoms with van der Waals surface area (Å²) >= 11 is 0. The van der Waals surface area contributed by atoms with E-state index in [2.05, 4.69) is 0 Å². The van der Waals surface area contributed by atoms with E-state index in [0.29, 0.717) is 31.5 Å². The number of ether oxygens (including phenoxy) is 1. The van der Waals surface area contributed by atoms with Crippen LogP contribution in [-0.4, -0.2) is 46.3 Å². The number of aryl methyl sites for hydroxylation is 1. The van der Waals surface area contributed by atoms with Gasteiger partial charge in [0.05, 0.1) is 6.26 Å². The molecule has 0 bridgehead atoms. The summed E-state index contributed by atoms with van der Waals surface area (Å²) < 4.78 is 25.6. The first-order valence-electron chi connectivity index (χ1n) is 10.8. The van der Waals surface area contributed by atoms with Crippen molar-refractivity contribution in [2.75, 3.05) is 13.2 Å². The van der Waals surface area contributed by atoms with Crippen molar-refractivity contribution in [3.63, 3.8) is 0 Å². The number of ketones is 1. The molecular formula is C25H25FN2O5. The Hall–Kier alpha value is -3.68. The highest BCUT2D eigenvalue weighted by Gasteiger charge is 2.37. The Morgan fingerprint density at radius 2 is 1.91 bits per heavy atom. The van der Waals surface area contributed by atoms with Crippen molar-refractivity contribution >= 4 is 17.7 Å². The van der Waals surface area contributed by atoms with Gasteiger partial charge in [-0.3, -0.25) is 9.59 Å². The first kappa shape index (κ1) is 22.5. The lowest BCUT2D eigenvalue weighted by molar-refractivity contribution is -0.147. The van der Waals surface area contributed by atoms with Crippen LogP contribution in [-0.2, 0) is 16.1 Å². The Kier molecular flexibility index (Phi) is 6.44. The van der Waals surface area contributed by atoms with Gasteiger partial charge in [0.1, 0.15) is 11.9 Å². The predicted octanol–water partition coefficient (Wildman–Crippen LogP) is 3.92. The van der Waals surface area contributed by atoms with E-state index in [1.165, 1.54) is 23.3 Å². The average Bonchev–Trinajstić information content (AvgIpc) is 3.56. The Labute approximate surface area is 190 Å². The molecule has 7 nitrogen and oxygen atoms in total. The minimum Gasteiger partial charge on any atom is -0.459 e. The lowest BCUT2D eigenvalue weighted by Gasteiger charge is -2.22. The second-order valence-electron chi connectivity index (χ2n) is 8.16. The topological polar surface area (TPSA) is 81.8 Å². The molecule has 4 rings (SSSR count). The molecular weight excluding hydrogens is 427 g/mol. The van der Waals surface area contributed by atoms with Gasteiger partial charge >= 0.3 is 5.97 Å². The van der Waals surface area contributed by atoms with Gasteiger partial charge in [-0.05, 0) is 62.6 Å². The van der Waals surface area contributed by atoms with Gasteiger partial charge in [0.15, 0.2) is 12.4 Å². The maximum Gasteiger partial charge on any atom is 0.329 e. The van der Waals surface area contributed by atoms with Gasteiger partial charge in [0, 0.05) is 30.0 Å². The number of amides is 1. The van der Waals surface area contributed by atoms with Crippen molar-refractivity contribution in [2.24, 2.45) is 0 Å². The van der Waals surface area contributed by atoms with Gasteiger partial charge in [-0.1, -0.05) is 12.1 Å². The van der Waals surface area contributed by atoms with Crippen molar-refractivity contribution < 1.29 is 27.9 Å². The minimum absolute atomic E-state index is 0.166. The standard InChI is InChI=1S/C25H25FN2O5/c1-16-13-20(17(2)28(16)14-18-7-9-19(26)10-8-18)22(29)15-33-25(31)21-5-3-11-27(21)24(30)23-6-4-12-32-23/h4,6-10,12-13,21H,3,5,11,14-15H2,1-2H3. The molecule has 1 aromatic carbocycles. The maximum atomic E-state index is 13.2. The van der Waals surface area contributed by atoms with E-state index in [4.69, 9.17) is 9.15 Å². The number of likely N-dealkylation sites (tertiary alicyclic amines) is 1. The Morgan fingerprint density at radius 1 is 1.15 bits per heavy atom. The normalized spacial score (nSPS) is 15.6. The largest absolute Gasteiger partial charge is 0.459 e. The van der Waals surface area contributed by atoms with Gasteiger partial charge < -0.3 is 18.6 Å². The molecule has 33 heavy (non-hydrogen) atoms. The molecule has 0 N–H and O–H groups in total. The molecule has 3 aromatic rings. The fourth-order valence-corrected chi connectivity index (χ4v) is 4.21. The molecule has 1 amide bonds. The van der Waals surface area contributed by atoms with Crippen LogP contribution < -0.4 is 0 Å². The second kappa shape index (κ2) is 9.44. The van der Waals surface area contributed by atoms with E-state index in [1.54, 1.807) is 30.3 Å². The summed E-state index contributed by atoms with van der Waals surface area (Å²) in [6.45, 7) is 4.23. The molecule has 1 aliphatic heterocycles. The quantitative estimate of drug-likeness (QED) is 0.401. The van der Waals surface area contributed by atoms with Crippen molar-refractivity contribution in [3.8, 4) is 0 Å². The fraction of sp³-hybridized carbons (Fsp3) is 0.320. The molecule has 1 saturated heterocycles. The van der Waals surface area contributed by atoms with Crippen LogP contribution in [0.15, 0.2) is 53.1 Å². The van der Waals surface area contributed by atoms with E-state index < -0.39 is 18.6 Å². The number of aromatic nitrogens is 1. The molecule has 2 aromatic heterocycles. The third kappa shape index (κ3) is 4.74. The number of hydrogen-bond donors (Lipinski definition) is 0. The molecule has 3 heterocycles. The first-order valence-corrected chi connectivity index (χ1v) is 10.8. The highest BCUT2D eigenvalue weighted by molar-refractivity contribution is 6.00. The number of esters is 1. The Bertz CT molecular complexity index is 1160. The van der Waals surface area contributed by atoms with Gasteiger partial charge in [-0.25, -0.2) is 9.18 Å². The number of Topliss-reactive ketones (excluding diaryl/α,β-unsaturated/α-hetero) is 1.